The molecule has 0 saturated heterocycles. The van der Waals surface area contributed by atoms with Crippen molar-refractivity contribution in [2.45, 2.75) is 6.54 Å². The Bertz CT molecular complexity index is 1060. The SMILES string of the molecule is O=C(/C=C/c1sc2ccccc2c1Cl)NCc1cn2ccccc2n1. The number of pyridine rings is 1. The first kappa shape index (κ1) is 15.9. The summed E-state index contributed by atoms with van der Waals surface area (Å²) in [7, 11) is 0. The van der Waals surface area contributed by atoms with Crippen LogP contribution in [0.4, 0.5) is 0 Å². The van der Waals surface area contributed by atoms with E-state index in [1.54, 1.807) is 17.4 Å². The number of imidazole rings is 1. The van der Waals surface area contributed by atoms with E-state index in [1.807, 2.05) is 59.3 Å². The Labute approximate surface area is 153 Å². The van der Waals surface area contributed by atoms with E-state index in [4.69, 9.17) is 11.6 Å². The predicted molar refractivity (Wildman–Crippen MR) is 103 cm³/mol. The number of aromatic nitrogens is 2. The van der Waals surface area contributed by atoms with Gasteiger partial charge in [-0.2, -0.15) is 0 Å². The standard InChI is InChI=1S/C19H14ClN3OS/c20-19-14-5-1-2-6-15(14)25-16(19)8-9-18(24)21-11-13-12-23-10-4-3-7-17(23)22-13/h1-10,12H,11H2,(H,21,24)/b9-8+. The zero-order valence-electron chi connectivity index (χ0n) is 13.1. The van der Waals surface area contributed by atoms with Crippen molar-refractivity contribution in [2.75, 3.05) is 0 Å². The lowest BCUT2D eigenvalue weighted by atomic mass is 10.2. The minimum atomic E-state index is -0.175. The molecule has 4 rings (SSSR count). The summed E-state index contributed by atoms with van der Waals surface area (Å²) in [6.45, 7) is 0.380. The molecule has 0 aliphatic carbocycles. The lowest BCUT2D eigenvalue weighted by Crippen LogP contribution is -2.20. The molecule has 0 fully saturated rings. The van der Waals surface area contributed by atoms with Crippen LogP contribution in [0.5, 0.6) is 0 Å². The summed E-state index contributed by atoms with van der Waals surface area (Å²) < 4.78 is 3.03. The molecule has 1 N–H and O–H groups in total. The smallest absolute Gasteiger partial charge is 0.244 e. The maximum Gasteiger partial charge on any atom is 0.244 e. The fraction of sp³-hybridized carbons (Fsp3) is 0.0526. The Hall–Kier alpha value is -2.63. The molecule has 25 heavy (non-hydrogen) atoms. The van der Waals surface area contributed by atoms with Gasteiger partial charge in [0, 0.05) is 33.4 Å². The number of carbonyl (C=O) groups excluding carboxylic acids is 1. The number of hydrogen-bond donors (Lipinski definition) is 1. The van der Waals surface area contributed by atoms with E-state index in [0.717, 1.165) is 26.3 Å². The van der Waals surface area contributed by atoms with Crippen molar-refractivity contribution in [3.05, 3.63) is 76.5 Å². The van der Waals surface area contributed by atoms with E-state index >= 15 is 0 Å². The molecule has 0 spiro atoms. The van der Waals surface area contributed by atoms with Gasteiger partial charge in [0.2, 0.25) is 5.91 Å². The summed E-state index contributed by atoms with van der Waals surface area (Å²) in [6, 6.07) is 13.7. The quantitative estimate of drug-likeness (QED) is 0.538. The molecule has 6 heteroatoms. The summed E-state index contributed by atoms with van der Waals surface area (Å²) >= 11 is 7.94. The second kappa shape index (κ2) is 6.70. The van der Waals surface area contributed by atoms with Gasteiger partial charge < -0.3 is 9.72 Å². The first-order valence-electron chi connectivity index (χ1n) is 7.76. The first-order valence-corrected chi connectivity index (χ1v) is 8.96. The third-order valence-electron chi connectivity index (χ3n) is 3.80. The van der Waals surface area contributed by atoms with Crippen LogP contribution in [0.15, 0.2) is 60.9 Å². The number of thiophene rings is 1. The molecule has 3 aromatic heterocycles. The number of carbonyl (C=O) groups is 1. The molecule has 0 aliphatic heterocycles. The highest BCUT2D eigenvalue weighted by Crippen LogP contribution is 2.35. The van der Waals surface area contributed by atoms with E-state index in [1.165, 1.54) is 6.08 Å². The summed E-state index contributed by atoms with van der Waals surface area (Å²) in [5.41, 5.74) is 1.67. The van der Waals surface area contributed by atoms with Crippen molar-refractivity contribution in [3.63, 3.8) is 0 Å². The average Bonchev–Trinajstić information content (AvgIpc) is 3.19. The summed E-state index contributed by atoms with van der Waals surface area (Å²) in [5.74, 6) is -0.175. The molecule has 4 aromatic rings. The van der Waals surface area contributed by atoms with Gasteiger partial charge in [-0.3, -0.25) is 4.79 Å². The monoisotopic (exact) mass is 367 g/mol. The number of rotatable bonds is 4. The summed E-state index contributed by atoms with van der Waals surface area (Å²) in [6.07, 6.45) is 7.09. The number of nitrogens with one attached hydrogen (secondary N) is 1. The number of nitrogens with zero attached hydrogens (tertiary/aromatic N) is 2. The van der Waals surface area contributed by atoms with E-state index in [0.29, 0.717) is 11.6 Å². The minimum absolute atomic E-state index is 0.175. The van der Waals surface area contributed by atoms with E-state index in [2.05, 4.69) is 10.3 Å². The van der Waals surface area contributed by atoms with Crippen molar-refractivity contribution in [1.29, 1.82) is 0 Å². The van der Waals surface area contributed by atoms with Crippen LogP contribution < -0.4 is 5.32 Å². The number of fused-ring (bicyclic) bond motifs is 2. The number of benzene rings is 1. The van der Waals surface area contributed by atoms with Crippen LogP contribution in [0.3, 0.4) is 0 Å². The molecule has 0 unspecified atom stereocenters. The fourth-order valence-electron chi connectivity index (χ4n) is 2.60. The van der Waals surface area contributed by atoms with Gasteiger partial charge in [0.15, 0.2) is 0 Å². The largest absolute Gasteiger partial charge is 0.347 e. The van der Waals surface area contributed by atoms with Crippen molar-refractivity contribution in [1.82, 2.24) is 14.7 Å². The molecular formula is C19H14ClN3OS. The fourth-order valence-corrected chi connectivity index (χ4v) is 4.00. The Morgan fingerprint density at radius 2 is 2.08 bits per heavy atom. The lowest BCUT2D eigenvalue weighted by molar-refractivity contribution is -0.116. The lowest BCUT2D eigenvalue weighted by Gasteiger charge is -1.97. The first-order chi connectivity index (χ1) is 12.2. The molecule has 0 bridgehead atoms. The van der Waals surface area contributed by atoms with E-state index < -0.39 is 0 Å². The Kier molecular flexibility index (Phi) is 4.26. The number of amides is 1. The molecule has 1 aromatic carbocycles. The molecule has 124 valence electrons. The normalized spacial score (nSPS) is 11.6. The van der Waals surface area contributed by atoms with Crippen LogP contribution in [0.25, 0.3) is 21.8 Å². The second-order valence-corrected chi connectivity index (χ2v) is 6.99. The van der Waals surface area contributed by atoms with Crippen molar-refractivity contribution >= 4 is 50.7 Å². The predicted octanol–water partition coefficient (Wildman–Crippen LogP) is 4.53. The average molecular weight is 368 g/mol. The number of halogens is 1. The van der Waals surface area contributed by atoms with Crippen LogP contribution in [0.2, 0.25) is 5.02 Å². The molecule has 0 radical (unpaired) electrons. The Balaban J connectivity index is 1.44. The number of hydrogen-bond acceptors (Lipinski definition) is 3. The topological polar surface area (TPSA) is 46.4 Å². The van der Waals surface area contributed by atoms with Gasteiger partial charge in [0.1, 0.15) is 5.65 Å². The highest BCUT2D eigenvalue weighted by molar-refractivity contribution is 7.20. The highest BCUT2D eigenvalue weighted by atomic mass is 35.5. The van der Waals surface area contributed by atoms with Crippen LogP contribution in [0, 0.1) is 0 Å². The molecular weight excluding hydrogens is 354 g/mol. The van der Waals surface area contributed by atoms with Crippen LogP contribution in [-0.2, 0) is 11.3 Å². The van der Waals surface area contributed by atoms with Gasteiger partial charge in [-0.15, -0.1) is 11.3 Å². The second-order valence-electron chi connectivity index (χ2n) is 5.53. The van der Waals surface area contributed by atoms with Gasteiger partial charge in [-0.05, 0) is 24.3 Å². The molecule has 3 heterocycles. The molecule has 0 saturated carbocycles. The van der Waals surface area contributed by atoms with Crippen LogP contribution in [0.1, 0.15) is 10.6 Å². The third-order valence-corrected chi connectivity index (χ3v) is 5.46. The van der Waals surface area contributed by atoms with Gasteiger partial charge in [0.05, 0.1) is 17.3 Å². The zero-order valence-corrected chi connectivity index (χ0v) is 14.7. The van der Waals surface area contributed by atoms with Crippen molar-refractivity contribution < 1.29 is 4.79 Å². The van der Waals surface area contributed by atoms with E-state index in [9.17, 15) is 4.79 Å². The van der Waals surface area contributed by atoms with E-state index in [-0.39, 0.29) is 5.91 Å². The highest BCUT2D eigenvalue weighted by Gasteiger charge is 2.08. The Morgan fingerprint density at radius 3 is 2.92 bits per heavy atom. The van der Waals surface area contributed by atoms with Gasteiger partial charge in [-0.25, -0.2) is 4.98 Å². The molecule has 0 aliphatic rings. The van der Waals surface area contributed by atoms with Crippen molar-refractivity contribution in [2.24, 2.45) is 0 Å². The zero-order chi connectivity index (χ0) is 17.2. The van der Waals surface area contributed by atoms with Crippen molar-refractivity contribution in [3.8, 4) is 0 Å². The maximum atomic E-state index is 12.1. The summed E-state index contributed by atoms with van der Waals surface area (Å²) in [4.78, 5) is 17.4. The minimum Gasteiger partial charge on any atom is -0.347 e. The molecule has 4 nitrogen and oxygen atoms in total. The summed E-state index contributed by atoms with van der Waals surface area (Å²) in [5, 5.41) is 4.54. The van der Waals surface area contributed by atoms with Gasteiger partial charge in [-0.1, -0.05) is 35.9 Å². The van der Waals surface area contributed by atoms with Gasteiger partial charge in [0.25, 0.3) is 0 Å². The van der Waals surface area contributed by atoms with Crippen LogP contribution >= 0.6 is 22.9 Å². The third kappa shape index (κ3) is 3.29. The molecule has 1 amide bonds. The maximum absolute atomic E-state index is 12.1. The van der Waals surface area contributed by atoms with Gasteiger partial charge >= 0.3 is 0 Å². The van der Waals surface area contributed by atoms with Crippen LogP contribution in [-0.4, -0.2) is 15.3 Å². The Morgan fingerprint density at radius 1 is 1.24 bits per heavy atom. The molecule has 0 atom stereocenters.